The molecule has 1 aromatic carbocycles. The maximum atomic E-state index is 9.69. The first-order chi connectivity index (χ1) is 9.62. The van der Waals surface area contributed by atoms with Crippen molar-refractivity contribution in [2.24, 2.45) is 0 Å². The molecule has 0 heterocycles. The van der Waals surface area contributed by atoms with Crippen LogP contribution in [0.1, 0.15) is 25.5 Å². The molecule has 0 fully saturated rings. The smallest absolute Gasteiger partial charge is 0.161 e. The molecule has 5 nitrogen and oxygen atoms in total. The zero-order valence-electron chi connectivity index (χ0n) is 12.7. The number of ether oxygens (including phenoxy) is 3. The number of aliphatic hydroxyl groups is 1. The zero-order valence-corrected chi connectivity index (χ0v) is 12.7. The Labute approximate surface area is 120 Å². The number of hydrogen-bond donors (Lipinski definition) is 2. The summed E-state index contributed by atoms with van der Waals surface area (Å²) in [7, 11) is 3.51. The molecule has 0 saturated carbocycles. The second kappa shape index (κ2) is 8.79. The van der Waals surface area contributed by atoms with Crippen LogP contribution < -0.4 is 14.8 Å². The summed E-state index contributed by atoms with van der Waals surface area (Å²) in [6, 6.07) is 6.01. The van der Waals surface area contributed by atoms with Crippen molar-refractivity contribution in [2.75, 3.05) is 34.0 Å². The predicted molar refractivity (Wildman–Crippen MR) is 78.5 cm³/mol. The predicted octanol–water partition coefficient (Wildman–Crippen LogP) is 1.75. The average Bonchev–Trinajstić information content (AvgIpc) is 2.49. The van der Waals surface area contributed by atoms with Gasteiger partial charge in [-0.2, -0.15) is 0 Å². The van der Waals surface area contributed by atoms with Gasteiger partial charge in [0.1, 0.15) is 12.7 Å². The summed E-state index contributed by atoms with van der Waals surface area (Å²) >= 11 is 0. The van der Waals surface area contributed by atoms with Gasteiger partial charge in [0.2, 0.25) is 0 Å². The maximum absolute atomic E-state index is 9.69. The summed E-state index contributed by atoms with van der Waals surface area (Å²) in [4.78, 5) is 0. The van der Waals surface area contributed by atoms with E-state index < -0.39 is 6.10 Å². The van der Waals surface area contributed by atoms with E-state index in [-0.39, 0.29) is 19.3 Å². The summed E-state index contributed by atoms with van der Waals surface area (Å²) in [6.45, 7) is 4.99. The van der Waals surface area contributed by atoms with Crippen LogP contribution >= 0.6 is 0 Å². The average molecular weight is 283 g/mol. The lowest BCUT2D eigenvalue weighted by molar-refractivity contribution is 0.0159. The SMILES string of the molecule is CCOCC(O)COc1ccc(C(C)NC)cc1OC. The Morgan fingerprint density at radius 2 is 2.00 bits per heavy atom. The van der Waals surface area contributed by atoms with Crippen molar-refractivity contribution in [1.82, 2.24) is 5.32 Å². The molecule has 5 heteroatoms. The van der Waals surface area contributed by atoms with Crippen molar-refractivity contribution in [3.05, 3.63) is 23.8 Å². The fraction of sp³-hybridized carbons (Fsp3) is 0.600. The summed E-state index contributed by atoms with van der Waals surface area (Å²) in [5.74, 6) is 1.28. The van der Waals surface area contributed by atoms with Gasteiger partial charge < -0.3 is 24.6 Å². The standard InChI is InChI=1S/C15H25NO4/c1-5-19-9-13(17)10-20-14-7-6-12(11(2)16-3)8-15(14)18-4/h6-8,11,13,16-17H,5,9-10H2,1-4H3. The molecular formula is C15H25NO4. The summed E-state index contributed by atoms with van der Waals surface area (Å²) < 4.78 is 16.0. The van der Waals surface area contributed by atoms with E-state index in [1.807, 2.05) is 32.2 Å². The topological polar surface area (TPSA) is 60.0 Å². The van der Waals surface area contributed by atoms with Gasteiger partial charge in [0.15, 0.2) is 11.5 Å². The number of nitrogens with one attached hydrogen (secondary N) is 1. The van der Waals surface area contributed by atoms with Gasteiger partial charge in [-0.05, 0) is 38.6 Å². The molecule has 0 saturated heterocycles. The summed E-state index contributed by atoms with van der Waals surface area (Å²) in [5, 5.41) is 12.9. The van der Waals surface area contributed by atoms with Crippen LogP contribution in [-0.2, 0) is 4.74 Å². The van der Waals surface area contributed by atoms with Crippen LogP contribution in [0.3, 0.4) is 0 Å². The molecule has 0 aliphatic heterocycles. The van der Waals surface area contributed by atoms with Crippen molar-refractivity contribution in [1.29, 1.82) is 0 Å². The fourth-order valence-corrected chi connectivity index (χ4v) is 1.73. The minimum Gasteiger partial charge on any atom is -0.493 e. The molecule has 0 bridgehead atoms. The Kier molecular flexibility index (Phi) is 7.36. The molecule has 0 aromatic heterocycles. The second-order valence-electron chi connectivity index (χ2n) is 4.54. The normalized spacial score (nSPS) is 13.8. The van der Waals surface area contributed by atoms with E-state index in [2.05, 4.69) is 12.2 Å². The molecule has 2 unspecified atom stereocenters. The van der Waals surface area contributed by atoms with Crippen molar-refractivity contribution in [3.8, 4) is 11.5 Å². The molecule has 0 aliphatic rings. The molecule has 0 spiro atoms. The zero-order chi connectivity index (χ0) is 15.0. The second-order valence-corrected chi connectivity index (χ2v) is 4.54. The van der Waals surface area contributed by atoms with E-state index in [4.69, 9.17) is 14.2 Å². The summed E-state index contributed by atoms with van der Waals surface area (Å²) in [5.41, 5.74) is 1.12. The lowest BCUT2D eigenvalue weighted by Gasteiger charge is -2.17. The van der Waals surface area contributed by atoms with Crippen molar-refractivity contribution in [3.63, 3.8) is 0 Å². The van der Waals surface area contributed by atoms with Gasteiger partial charge >= 0.3 is 0 Å². The first-order valence-electron chi connectivity index (χ1n) is 6.86. The van der Waals surface area contributed by atoms with Crippen molar-refractivity contribution >= 4 is 0 Å². The van der Waals surface area contributed by atoms with E-state index in [0.717, 1.165) is 5.56 Å². The van der Waals surface area contributed by atoms with E-state index in [0.29, 0.717) is 18.1 Å². The largest absolute Gasteiger partial charge is 0.493 e. The van der Waals surface area contributed by atoms with Gasteiger partial charge in [-0.1, -0.05) is 6.07 Å². The number of hydrogen-bond acceptors (Lipinski definition) is 5. The van der Waals surface area contributed by atoms with Gasteiger partial charge in [-0.15, -0.1) is 0 Å². The highest BCUT2D eigenvalue weighted by Gasteiger charge is 2.11. The van der Waals surface area contributed by atoms with E-state index in [9.17, 15) is 5.11 Å². The molecule has 1 aromatic rings. The van der Waals surface area contributed by atoms with Crippen LogP contribution in [0.4, 0.5) is 0 Å². The van der Waals surface area contributed by atoms with Crippen LogP contribution in [0, 0.1) is 0 Å². The number of aliphatic hydroxyl groups excluding tert-OH is 1. The molecular weight excluding hydrogens is 258 g/mol. The minimum atomic E-state index is -0.643. The third kappa shape index (κ3) is 5.00. The van der Waals surface area contributed by atoms with Gasteiger partial charge in [0, 0.05) is 12.6 Å². The lowest BCUT2D eigenvalue weighted by atomic mass is 10.1. The molecule has 1 rings (SSSR count). The van der Waals surface area contributed by atoms with Crippen LogP contribution in [0.15, 0.2) is 18.2 Å². The Bertz CT molecular complexity index is 397. The molecule has 0 amide bonds. The van der Waals surface area contributed by atoms with Crippen molar-refractivity contribution < 1.29 is 19.3 Å². The van der Waals surface area contributed by atoms with Gasteiger partial charge in [-0.25, -0.2) is 0 Å². The fourth-order valence-electron chi connectivity index (χ4n) is 1.73. The van der Waals surface area contributed by atoms with Crippen LogP contribution in [0.5, 0.6) is 11.5 Å². The maximum Gasteiger partial charge on any atom is 0.161 e. The van der Waals surface area contributed by atoms with E-state index in [1.165, 1.54) is 0 Å². The molecule has 0 radical (unpaired) electrons. The Morgan fingerprint density at radius 3 is 2.60 bits per heavy atom. The number of benzene rings is 1. The minimum absolute atomic E-state index is 0.178. The highest BCUT2D eigenvalue weighted by molar-refractivity contribution is 5.43. The molecule has 0 aliphatic carbocycles. The van der Waals surface area contributed by atoms with Crippen molar-refractivity contribution in [2.45, 2.75) is 26.0 Å². The molecule has 20 heavy (non-hydrogen) atoms. The summed E-state index contributed by atoms with van der Waals surface area (Å²) in [6.07, 6.45) is -0.643. The van der Waals surface area contributed by atoms with E-state index >= 15 is 0 Å². The Hall–Kier alpha value is -1.30. The van der Waals surface area contributed by atoms with Gasteiger partial charge in [-0.3, -0.25) is 0 Å². The van der Waals surface area contributed by atoms with Gasteiger partial charge in [0.05, 0.1) is 13.7 Å². The molecule has 2 N–H and O–H groups in total. The first kappa shape index (κ1) is 16.8. The Balaban J connectivity index is 2.65. The highest BCUT2D eigenvalue weighted by atomic mass is 16.5. The first-order valence-corrected chi connectivity index (χ1v) is 6.86. The number of methoxy groups -OCH3 is 1. The monoisotopic (exact) mass is 283 g/mol. The quantitative estimate of drug-likeness (QED) is 0.723. The van der Waals surface area contributed by atoms with Crippen LogP contribution in [-0.4, -0.2) is 45.2 Å². The van der Waals surface area contributed by atoms with E-state index in [1.54, 1.807) is 7.11 Å². The van der Waals surface area contributed by atoms with Gasteiger partial charge in [0.25, 0.3) is 0 Å². The van der Waals surface area contributed by atoms with Crippen LogP contribution in [0.2, 0.25) is 0 Å². The lowest BCUT2D eigenvalue weighted by Crippen LogP contribution is -2.23. The molecule has 114 valence electrons. The highest BCUT2D eigenvalue weighted by Crippen LogP contribution is 2.30. The molecule has 2 atom stereocenters. The number of rotatable bonds is 9. The Morgan fingerprint density at radius 1 is 1.25 bits per heavy atom. The third-order valence-corrected chi connectivity index (χ3v) is 3.07. The third-order valence-electron chi connectivity index (χ3n) is 3.07. The van der Waals surface area contributed by atoms with Crippen LogP contribution in [0.25, 0.3) is 0 Å².